The molecule has 1 aliphatic rings. The Hall–Kier alpha value is -3.01. The van der Waals surface area contributed by atoms with Crippen LogP contribution >= 0.6 is 0 Å². The number of nitrogens with one attached hydrogen (secondary N) is 3. The van der Waals surface area contributed by atoms with Crippen molar-refractivity contribution in [2.45, 2.75) is 45.1 Å². The fourth-order valence-corrected chi connectivity index (χ4v) is 5.03. The monoisotopic (exact) mass is 507 g/mol. The molecule has 2 aromatic carbocycles. The zero-order valence-corrected chi connectivity index (χ0v) is 22.9. The van der Waals surface area contributed by atoms with Crippen LogP contribution < -0.4 is 20.3 Å². The maximum atomic E-state index is 12.7. The number of hydrogen-bond acceptors (Lipinski definition) is 7. The molecule has 1 unspecified atom stereocenters. The van der Waals surface area contributed by atoms with Crippen LogP contribution in [-0.2, 0) is 11.0 Å². The molecule has 8 nitrogen and oxygen atoms in total. The lowest BCUT2D eigenvalue weighted by atomic mass is 10.1. The second-order valence-electron chi connectivity index (χ2n) is 10.3. The Morgan fingerprint density at radius 2 is 1.58 bits per heavy atom. The van der Waals surface area contributed by atoms with E-state index in [9.17, 15) is 4.21 Å². The van der Waals surface area contributed by atoms with Crippen molar-refractivity contribution in [1.82, 2.24) is 19.6 Å². The maximum absolute atomic E-state index is 12.7. The predicted octanol–water partition coefficient (Wildman–Crippen LogP) is 4.74. The summed E-state index contributed by atoms with van der Waals surface area (Å²) in [4.78, 5) is 14.9. The molecule has 1 aromatic heterocycles. The van der Waals surface area contributed by atoms with Gasteiger partial charge >= 0.3 is 0 Å². The number of aromatic nitrogens is 2. The SMILES string of the molecule is Cc1nc(Nc2ccc(N3CCN(C)CC3)cc2)nc(Nc2cccc(S(=O)NC(C)(C)C)c2)c1C. The molecule has 1 atom stereocenters. The van der Waals surface area contributed by atoms with Gasteiger partial charge in [0.1, 0.15) is 16.8 Å². The lowest BCUT2D eigenvalue weighted by Gasteiger charge is -2.34. The molecule has 2 heterocycles. The van der Waals surface area contributed by atoms with E-state index in [0.29, 0.717) is 16.7 Å². The summed E-state index contributed by atoms with van der Waals surface area (Å²) in [5.74, 6) is 1.24. The number of aryl methyl sites for hydroxylation is 1. The van der Waals surface area contributed by atoms with Gasteiger partial charge in [-0.1, -0.05) is 6.07 Å². The molecule has 9 heteroatoms. The first-order valence-corrected chi connectivity index (χ1v) is 13.4. The van der Waals surface area contributed by atoms with Crippen molar-refractivity contribution in [2.24, 2.45) is 0 Å². The van der Waals surface area contributed by atoms with Crippen LogP contribution in [0.25, 0.3) is 0 Å². The molecule has 1 fully saturated rings. The largest absolute Gasteiger partial charge is 0.369 e. The molecular weight excluding hydrogens is 470 g/mol. The van der Waals surface area contributed by atoms with E-state index in [4.69, 9.17) is 4.98 Å². The van der Waals surface area contributed by atoms with Gasteiger partial charge in [-0.2, -0.15) is 4.98 Å². The molecule has 1 saturated heterocycles. The van der Waals surface area contributed by atoms with E-state index in [0.717, 1.165) is 48.8 Å². The Morgan fingerprint density at radius 3 is 2.25 bits per heavy atom. The summed E-state index contributed by atoms with van der Waals surface area (Å²) in [5.41, 5.74) is 4.59. The number of hydrogen-bond donors (Lipinski definition) is 3. The van der Waals surface area contributed by atoms with Crippen LogP contribution in [0.5, 0.6) is 0 Å². The standard InChI is InChI=1S/C27H37N7OS/c1-19-20(2)28-26(30-21-10-12-23(13-11-21)34-16-14-33(6)15-17-34)31-25(19)29-22-8-7-9-24(18-22)36(35)32-27(3,4)5/h7-13,18,32H,14-17H2,1-6H3,(H2,28,29,30,31). The van der Waals surface area contributed by atoms with Crippen molar-refractivity contribution in [2.75, 3.05) is 48.8 Å². The average Bonchev–Trinajstić information content (AvgIpc) is 2.82. The summed E-state index contributed by atoms with van der Waals surface area (Å²) >= 11 is 0. The van der Waals surface area contributed by atoms with Gasteiger partial charge in [0.15, 0.2) is 0 Å². The molecule has 0 radical (unpaired) electrons. The van der Waals surface area contributed by atoms with E-state index in [-0.39, 0.29) is 5.54 Å². The normalized spacial score (nSPS) is 15.6. The van der Waals surface area contributed by atoms with Gasteiger partial charge in [-0.05, 0) is 84.1 Å². The predicted molar refractivity (Wildman–Crippen MR) is 150 cm³/mol. The number of benzene rings is 2. The summed E-state index contributed by atoms with van der Waals surface area (Å²) in [6.07, 6.45) is 0. The molecule has 0 saturated carbocycles. The van der Waals surface area contributed by atoms with Gasteiger partial charge < -0.3 is 20.4 Å². The number of rotatable bonds is 7. The quantitative estimate of drug-likeness (QED) is 0.426. The number of nitrogens with zero attached hydrogens (tertiary/aromatic N) is 4. The smallest absolute Gasteiger partial charge is 0.229 e. The molecule has 0 amide bonds. The average molecular weight is 508 g/mol. The van der Waals surface area contributed by atoms with Gasteiger partial charge in [-0.3, -0.25) is 0 Å². The molecule has 3 aromatic rings. The van der Waals surface area contributed by atoms with E-state index in [2.05, 4.69) is 61.5 Å². The fourth-order valence-electron chi connectivity index (χ4n) is 3.92. The van der Waals surface area contributed by atoms with Crippen molar-refractivity contribution in [3.05, 3.63) is 59.8 Å². The number of piperazine rings is 1. The van der Waals surface area contributed by atoms with Crippen LogP contribution in [0.2, 0.25) is 0 Å². The molecule has 0 spiro atoms. The summed E-state index contributed by atoms with van der Waals surface area (Å²) in [7, 11) is 0.857. The highest BCUT2D eigenvalue weighted by molar-refractivity contribution is 7.83. The van der Waals surface area contributed by atoms with Gasteiger partial charge in [0.2, 0.25) is 5.95 Å². The van der Waals surface area contributed by atoms with Crippen molar-refractivity contribution in [3.8, 4) is 0 Å². The van der Waals surface area contributed by atoms with Gasteiger partial charge in [0, 0.05) is 60.0 Å². The van der Waals surface area contributed by atoms with E-state index in [1.54, 1.807) is 0 Å². The minimum Gasteiger partial charge on any atom is -0.369 e. The zero-order valence-electron chi connectivity index (χ0n) is 22.1. The van der Waals surface area contributed by atoms with Crippen LogP contribution in [0.15, 0.2) is 53.4 Å². The second-order valence-corrected chi connectivity index (χ2v) is 11.6. The van der Waals surface area contributed by atoms with E-state index in [1.165, 1.54) is 5.69 Å². The van der Waals surface area contributed by atoms with Crippen molar-refractivity contribution in [1.29, 1.82) is 0 Å². The summed E-state index contributed by atoms with van der Waals surface area (Å²) < 4.78 is 15.8. The Bertz CT molecular complexity index is 1220. The Balaban J connectivity index is 1.48. The molecule has 1 aliphatic heterocycles. The minimum absolute atomic E-state index is 0.252. The van der Waals surface area contributed by atoms with Crippen molar-refractivity contribution in [3.63, 3.8) is 0 Å². The third-order valence-corrected chi connectivity index (χ3v) is 7.57. The molecule has 3 N–H and O–H groups in total. The molecule has 192 valence electrons. The first-order valence-electron chi connectivity index (χ1n) is 12.3. The lowest BCUT2D eigenvalue weighted by molar-refractivity contribution is 0.313. The fraction of sp³-hybridized carbons (Fsp3) is 0.407. The van der Waals surface area contributed by atoms with Gasteiger partial charge in [0.25, 0.3) is 0 Å². The Kier molecular flexibility index (Phi) is 7.92. The maximum Gasteiger partial charge on any atom is 0.229 e. The molecule has 4 rings (SSSR count). The molecule has 0 aliphatic carbocycles. The summed E-state index contributed by atoms with van der Waals surface area (Å²) in [6.45, 7) is 14.2. The Morgan fingerprint density at radius 1 is 0.889 bits per heavy atom. The van der Waals surface area contributed by atoms with Gasteiger partial charge in [0.05, 0.1) is 4.90 Å². The van der Waals surface area contributed by atoms with E-state index < -0.39 is 11.0 Å². The first-order chi connectivity index (χ1) is 17.1. The molecule has 36 heavy (non-hydrogen) atoms. The highest BCUT2D eigenvalue weighted by atomic mass is 32.2. The van der Waals surface area contributed by atoms with Crippen LogP contribution in [0.1, 0.15) is 32.0 Å². The highest BCUT2D eigenvalue weighted by Crippen LogP contribution is 2.26. The van der Waals surface area contributed by atoms with E-state index >= 15 is 0 Å². The third kappa shape index (κ3) is 6.81. The second kappa shape index (κ2) is 10.9. The van der Waals surface area contributed by atoms with E-state index in [1.807, 2.05) is 58.9 Å². The number of likely N-dealkylation sites (N-methyl/N-ethyl adjacent to an activating group) is 1. The highest BCUT2D eigenvalue weighted by Gasteiger charge is 2.16. The zero-order chi connectivity index (χ0) is 25.9. The van der Waals surface area contributed by atoms with Crippen LogP contribution in [0.3, 0.4) is 0 Å². The lowest BCUT2D eigenvalue weighted by Crippen LogP contribution is -2.44. The minimum atomic E-state index is -1.31. The van der Waals surface area contributed by atoms with Crippen LogP contribution in [-0.4, -0.2) is 57.8 Å². The van der Waals surface area contributed by atoms with Crippen LogP contribution in [0, 0.1) is 13.8 Å². The molecular formula is C27H37N7OS. The third-order valence-electron chi connectivity index (χ3n) is 6.09. The van der Waals surface area contributed by atoms with Crippen LogP contribution in [0.4, 0.5) is 28.8 Å². The topological polar surface area (TPSA) is 85.4 Å². The summed E-state index contributed by atoms with van der Waals surface area (Å²) in [6, 6.07) is 16.0. The molecule has 0 bridgehead atoms. The first kappa shape index (κ1) is 26.1. The summed E-state index contributed by atoms with van der Waals surface area (Å²) in [5, 5.41) is 6.73. The number of anilines is 5. The Labute approximate surface area is 217 Å². The van der Waals surface area contributed by atoms with Gasteiger partial charge in [-0.25, -0.2) is 13.9 Å². The van der Waals surface area contributed by atoms with Crippen molar-refractivity contribution >= 4 is 39.8 Å². The van der Waals surface area contributed by atoms with Gasteiger partial charge in [-0.15, -0.1) is 0 Å². The van der Waals surface area contributed by atoms with Crippen molar-refractivity contribution < 1.29 is 4.21 Å².